The number of carbonyl (C=O) groups excluding carboxylic acids is 1. The van der Waals surface area contributed by atoms with E-state index < -0.39 is 6.04 Å². The molecule has 2 aromatic heterocycles. The summed E-state index contributed by atoms with van der Waals surface area (Å²) in [5.74, 6) is 0.699. The van der Waals surface area contributed by atoms with Gasteiger partial charge in [-0.15, -0.1) is 0 Å². The Balaban J connectivity index is 1.37. The predicted octanol–water partition coefficient (Wildman–Crippen LogP) is 5.50. The highest BCUT2D eigenvalue weighted by Gasteiger charge is 2.42. The van der Waals surface area contributed by atoms with Crippen LogP contribution in [0.15, 0.2) is 103 Å². The Hall–Kier alpha value is -4.91. The third-order valence-corrected chi connectivity index (χ3v) is 6.54. The molecule has 3 heterocycles. The van der Waals surface area contributed by atoms with Crippen molar-refractivity contribution < 1.29 is 14.6 Å². The number of aromatic nitrogens is 3. The van der Waals surface area contributed by atoms with Gasteiger partial charge in [-0.3, -0.25) is 14.9 Å². The van der Waals surface area contributed by atoms with Gasteiger partial charge in [-0.05, 0) is 47.0 Å². The lowest BCUT2D eigenvalue weighted by Crippen LogP contribution is -2.29. The van der Waals surface area contributed by atoms with E-state index in [1.807, 2.05) is 77.7 Å². The minimum absolute atomic E-state index is 0.110. The molecule has 1 amide bonds. The third-order valence-electron chi connectivity index (χ3n) is 6.54. The maximum absolute atomic E-state index is 13.6. The molecule has 6 rings (SSSR count). The van der Waals surface area contributed by atoms with Crippen molar-refractivity contribution in [2.45, 2.75) is 19.2 Å². The maximum atomic E-state index is 13.6. The van der Waals surface area contributed by atoms with Gasteiger partial charge in [0.15, 0.2) is 0 Å². The van der Waals surface area contributed by atoms with Crippen LogP contribution in [-0.2, 0) is 13.2 Å². The zero-order chi connectivity index (χ0) is 25.2. The number of amides is 1. The fourth-order valence-corrected chi connectivity index (χ4v) is 4.76. The van der Waals surface area contributed by atoms with Crippen molar-refractivity contribution in [3.05, 3.63) is 131 Å². The van der Waals surface area contributed by atoms with Gasteiger partial charge in [-0.2, -0.15) is 5.10 Å². The number of phenolic OH excluding ortho intramolecular Hbond substituents is 1. The fraction of sp³-hybridized carbons (Fsp3) is 0.100. The van der Waals surface area contributed by atoms with Gasteiger partial charge in [0, 0.05) is 30.1 Å². The number of aromatic hydroxyl groups is 1. The van der Waals surface area contributed by atoms with Gasteiger partial charge in [0.05, 0.1) is 6.04 Å². The van der Waals surface area contributed by atoms with E-state index in [0.29, 0.717) is 30.1 Å². The first-order valence-electron chi connectivity index (χ1n) is 12.0. The molecule has 1 aliphatic heterocycles. The van der Waals surface area contributed by atoms with Gasteiger partial charge >= 0.3 is 0 Å². The molecule has 0 fully saturated rings. The monoisotopic (exact) mass is 488 g/mol. The number of fused-ring (bicyclic) bond motifs is 1. The zero-order valence-electron chi connectivity index (χ0n) is 19.9. The van der Waals surface area contributed by atoms with E-state index in [0.717, 1.165) is 28.0 Å². The summed E-state index contributed by atoms with van der Waals surface area (Å²) < 4.78 is 5.98. The largest absolute Gasteiger partial charge is 0.507 e. The van der Waals surface area contributed by atoms with E-state index in [1.165, 1.54) is 0 Å². The molecule has 1 atom stereocenters. The quantitative estimate of drug-likeness (QED) is 0.316. The van der Waals surface area contributed by atoms with Crippen LogP contribution in [0.2, 0.25) is 0 Å². The molecule has 182 valence electrons. The van der Waals surface area contributed by atoms with Gasteiger partial charge in [0.25, 0.3) is 5.91 Å². The van der Waals surface area contributed by atoms with Crippen molar-refractivity contribution in [2.24, 2.45) is 0 Å². The number of H-pyrrole nitrogens is 1. The van der Waals surface area contributed by atoms with Crippen molar-refractivity contribution in [2.75, 3.05) is 0 Å². The van der Waals surface area contributed by atoms with E-state index in [9.17, 15) is 9.90 Å². The number of rotatable bonds is 7. The van der Waals surface area contributed by atoms with Crippen LogP contribution in [0.3, 0.4) is 0 Å². The van der Waals surface area contributed by atoms with Crippen LogP contribution in [0.25, 0.3) is 11.3 Å². The van der Waals surface area contributed by atoms with E-state index >= 15 is 0 Å². The first kappa shape index (κ1) is 22.5. The van der Waals surface area contributed by atoms with Crippen LogP contribution >= 0.6 is 0 Å². The number of aromatic amines is 1. The standard InChI is InChI=1S/C30H24N4O3/c35-25-11-5-4-10-24(25)27-26-28(33-32-27)30(36)34(18-21-9-6-16-31-17-21)29(26)22-12-14-23(15-13-22)37-19-20-7-2-1-3-8-20/h1-17,29,35H,18-19H2,(H,32,33)/t29-/m1/s1. The molecule has 7 heteroatoms. The molecule has 0 bridgehead atoms. The molecule has 5 aromatic rings. The molecule has 3 aromatic carbocycles. The predicted molar refractivity (Wildman–Crippen MR) is 139 cm³/mol. The number of hydrogen-bond donors (Lipinski definition) is 2. The Kier molecular flexibility index (Phi) is 5.86. The SMILES string of the molecule is O=C1c2[nH]nc(-c3ccccc3O)c2[C@@H](c2ccc(OCc3ccccc3)cc2)N1Cc1cccnc1. The summed E-state index contributed by atoms with van der Waals surface area (Å²) in [6.45, 7) is 0.852. The minimum Gasteiger partial charge on any atom is -0.507 e. The Morgan fingerprint density at radius 3 is 2.41 bits per heavy atom. The third kappa shape index (κ3) is 4.31. The summed E-state index contributed by atoms with van der Waals surface area (Å²) in [6.07, 6.45) is 3.48. The lowest BCUT2D eigenvalue weighted by molar-refractivity contribution is 0.0730. The molecule has 0 saturated heterocycles. The normalized spacial score (nSPS) is 14.5. The molecule has 0 saturated carbocycles. The number of para-hydroxylation sites is 1. The van der Waals surface area contributed by atoms with Crippen LogP contribution in [0.5, 0.6) is 11.5 Å². The summed E-state index contributed by atoms with van der Waals surface area (Å²) >= 11 is 0. The number of nitrogens with zero attached hydrogens (tertiary/aromatic N) is 3. The van der Waals surface area contributed by atoms with Crippen molar-refractivity contribution in [3.8, 4) is 22.8 Å². The minimum atomic E-state index is -0.403. The van der Waals surface area contributed by atoms with Crippen molar-refractivity contribution in [1.29, 1.82) is 0 Å². The smallest absolute Gasteiger partial charge is 0.273 e. The van der Waals surface area contributed by atoms with Gasteiger partial charge in [0.1, 0.15) is 29.5 Å². The van der Waals surface area contributed by atoms with Crippen molar-refractivity contribution >= 4 is 5.91 Å². The van der Waals surface area contributed by atoms with Crippen LogP contribution in [0.4, 0.5) is 0 Å². The highest BCUT2D eigenvalue weighted by Crippen LogP contribution is 2.45. The molecule has 0 aliphatic carbocycles. The van der Waals surface area contributed by atoms with Gasteiger partial charge in [-0.25, -0.2) is 0 Å². The average Bonchev–Trinajstić information content (AvgIpc) is 3.48. The van der Waals surface area contributed by atoms with Crippen molar-refractivity contribution in [1.82, 2.24) is 20.1 Å². The van der Waals surface area contributed by atoms with E-state index in [4.69, 9.17) is 4.74 Å². The molecule has 37 heavy (non-hydrogen) atoms. The molecule has 7 nitrogen and oxygen atoms in total. The second-order valence-corrected chi connectivity index (χ2v) is 8.92. The van der Waals surface area contributed by atoms with Gasteiger partial charge in [-0.1, -0.05) is 60.7 Å². The van der Waals surface area contributed by atoms with Crippen LogP contribution in [-0.4, -0.2) is 31.1 Å². The number of benzene rings is 3. The molecule has 0 unspecified atom stereocenters. The lowest BCUT2D eigenvalue weighted by atomic mass is 9.95. The van der Waals surface area contributed by atoms with Crippen LogP contribution in [0, 0.1) is 0 Å². The second kappa shape index (κ2) is 9.62. The zero-order valence-corrected chi connectivity index (χ0v) is 19.9. The summed E-state index contributed by atoms with van der Waals surface area (Å²) in [5.41, 5.74) is 5.23. The Labute approximate surface area is 214 Å². The Morgan fingerprint density at radius 2 is 1.65 bits per heavy atom. The molecular weight excluding hydrogens is 464 g/mol. The molecule has 0 radical (unpaired) electrons. The first-order chi connectivity index (χ1) is 18.2. The van der Waals surface area contributed by atoms with Gasteiger partial charge < -0.3 is 14.7 Å². The number of nitrogens with one attached hydrogen (secondary N) is 1. The van der Waals surface area contributed by atoms with Crippen LogP contribution in [0.1, 0.15) is 38.8 Å². The maximum Gasteiger partial charge on any atom is 0.273 e. The Morgan fingerprint density at radius 1 is 0.892 bits per heavy atom. The number of hydrogen-bond acceptors (Lipinski definition) is 5. The molecule has 2 N–H and O–H groups in total. The van der Waals surface area contributed by atoms with Crippen LogP contribution < -0.4 is 4.74 Å². The highest BCUT2D eigenvalue weighted by atomic mass is 16.5. The number of carbonyl (C=O) groups is 1. The van der Waals surface area contributed by atoms with Gasteiger partial charge in [0.2, 0.25) is 0 Å². The summed E-state index contributed by atoms with van der Waals surface area (Å²) in [6, 6.07) is 28.2. The van der Waals surface area contributed by atoms with E-state index in [-0.39, 0.29) is 11.7 Å². The summed E-state index contributed by atoms with van der Waals surface area (Å²) in [4.78, 5) is 19.6. The molecule has 1 aliphatic rings. The van der Waals surface area contributed by atoms with E-state index in [2.05, 4.69) is 15.2 Å². The Bertz CT molecular complexity index is 1530. The lowest BCUT2D eigenvalue weighted by Gasteiger charge is -2.26. The summed E-state index contributed by atoms with van der Waals surface area (Å²) in [5, 5.41) is 17.9. The molecular formula is C30H24N4O3. The number of phenols is 1. The highest BCUT2D eigenvalue weighted by molar-refractivity contribution is 6.00. The van der Waals surface area contributed by atoms with E-state index in [1.54, 1.807) is 30.6 Å². The number of pyridine rings is 1. The number of ether oxygens (including phenoxy) is 1. The van der Waals surface area contributed by atoms with Crippen molar-refractivity contribution in [3.63, 3.8) is 0 Å². The first-order valence-corrected chi connectivity index (χ1v) is 12.0. The second-order valence-electron chi connectivity index (χ2n) is 8.92. The fourth-order valence-electron chi connectivity index (χ4n) is 4.76. The average molecular weight is 489 g/mol. The topological polar surface area (TPSA) is 91.3 Å². The summed E-state index contributed by atoms with van der Waals surface area (Å²) in [7, 11) is 0. The molecule has 0 spiro atoms.